The number of nitrogens with one attached hydrogen (secondary N) is 1. The molecule has 0 amide bonds. The van der Waals surface area contributed by atoms with Gasteiger partial charge in [-0.1, -0.05) is 22.9 Å². The molecule has 0 saturated heterocycles. The fraction of sp³-hybridized carbons (Fsp3) is 0.222. The summed E-state index contributed by atoms with van der Waals surface area (Å²) in [5.74, 6) is 3.66. The molecule has 72 valence electrons. The van der Waals surface area contributed by atoms with Crippen LogP contribution in [0.2, 0.25) is 0 Å². The first-order chi connectivity index (χ1) is 6.06. The van der Waals surface area contributed by atoms with Crippen molar-refractivity contribution in [2.24, 2.45) is 0 Å². The second-order valence-electron chi connectivity index (χ2n) is 2.63. The van der Waals surface area contributed by atoms with Crippen LogP contribution in [0.25, 0.3) is 0 Å². The summed E-state index contributed by atoms with van der Waals surface area (Å²) in [4.78, 5) is 0.734. The minimum Gasteiger partial charge on any atom is -0.248 e. The van der Waals surface area contributed by atoms with Crippen molar-refractivity contribution in [3.8, 4) is 0 Å². The summed E-state index contributed by atoms with van der Waals surface area (Å²) in [5, 5.41) is 0. The summed E-state index contributed by atoms with van der Waals surface area (Å²) in [6.07, 6.45) is 0. The zero-order valence-electron chi connectivity index (χ0n) is 7.42. The monoisotopic (exact) mass is 261 g/mol. The van der Waals surface area contributed by atoms with E-state index in [1.807, 2.05) is 31.2 Å². The van der Waals surface area contributed by atoms with Gasteiger partial charge in [0.05, 0.1) is 9.71 Å². The number of hydrogen-bond acceptors (Lipinski definition) is 1. The maximum atomic E-state index is 11.9. The first-order valence-corrected chi connectivity index (χ1v) is 6.45. The quantitative estimate of drug-likeness (QED) is 0.830. The van der Waals surface area contributed by atoms with E-state index < -0.39 is 9.71 Å². The minimum atomic E-state index is -2.30. The lowest BCUT2D eigenvalue weighted by Crippen LogP contribution is -2.22. The fourth-order valence-corrected chi connectivity index (χ4v) is 2.44. The average molecular weight is 262 g/mol. The number of rotatable bonds is 3. The Labute approximate surface area is 87.6 Å². The molecule has 0 aromatic heterocycles. The molecular formula is C9H12BrNOS. The van der Waals surface area contributed by atoms with E-state index in [4.69, 9.17) is 0 Å². The molecule has 0 bridgehead atoms. The van der Waals surface area contributed by atoms with Gasteiger partial charge in [0.15, 0.2) is 0 Å². The van der Waals surface area contributed by atoms with Crippen LogP contribution in [-0.2, 0) is 9.71 Å². The van der Waals surface area contributed by atoms with Gasteiger partial charge in [0.2, 0.25) is 0 Å². The highest BCUT2D eigenvalue weighted by Gasteiger charge is 2.04. The Morgan fingerprint density at radius 3 is 2.46 bits per heavy atom. The highest BCUT2D eigenvalue weighted by Crippen LogP contribution is 2.14. The Bertz CT molecular complexity index is 369. The molecule has 1 aromatic carbocycles. The van der Waals surface area contributed by atoms with Crippen molar-refractivity contribution in [1.29, 1.82) is 0 Å². The molecule has 0 spiro atoms. The molecule has 0 aliphatic carbocycles. The van der Waals surface area contributed by atoms with Gasteiger partial charge in [0, 0.05) is 15.9 Å². The fourth-order valence-electron chi connectivity index (χ4n) is 0.971. The Hall–Kier alpha value is -0.320. The van der Waals surface area contributed by atoms with Gasteiger partial charge in [-0.2, -0.15) is 0 Å². The van der Waals surface area contributed by atoms with Crippen molar-refractivity contribution in [3.05, 3.63) is 28.7 Å². The third-order valence-corrected chi connectivity index (χ3v) is 3.89. The summed E-state index contributed by atoms with van der Waals surface area (Å²) < 4.78 is 15.7. The standard InChI is InChI=1S/C9H12BrNOS/c1-3-11-13(2,12)9-6-4-8(10)5-7-9/h4-7H,2-3H2,1H3,(H,11,12). The molecule has 13 heavy (non-hydrogen) atoms. The van der Waals surface area contributed by atoms with E-state index in [0.717, 1.165) is 9.37 Å². The molecule has 2 nitrogen and oxygen atoms in total. The van der Waals surface area contributed by atoms with Crippen LogP contribution in [0, 0.1) is 0 Å². The highest BCUT2D eigenvalue weighted by molar-refractivity contribution is 9.10. The lowest BCUT2D eigenvalue weighted by atomic mass is 10.4. The first-order valence-electron chi connectivity index (χ1n) is 3.93. The smallest absolute Gasteiger partial charge is 0.0533 e. The summed E-state index contributed by atoms with van der Waals surface area (Å²) in [7, 11) is -2.30. The van der Waals surface area contributed by atoms with Gasteiger partial charge >= 0.3 is 0 Å². The summed E-state index contributed by atoms with van der Waals surface area (Å²) in [6, 6.07) is 7.33. The van der Waals surface area contributed by atoms with Crippen molar-refractivity contribution in [1.82, 2.24) is 4.72 Å². The summed E-state index contributed by atoms with van der Waals surface area (Å²) in [5.41, 5.74) is 0. The lowest BCUT2D eigenvalue weighted by Gasteiger charge is -2.09. The lowest BCUT2D eigenvalue weighted by molar-refractivity contribution is 0.672. The Morgan fingerprint density at radius 2 is 2.00 bits per heavy atom. The van der Waals surface area contributed by atoms with Gasteiger partial charge in [-0.05, 0) is 30.1 Å². The molecule has 4 heteroatoms. The van der Waals surface area contributed by atoms with Gasteiger partial charge in [-0.15, -0.1) is 0 Å². The van der Waals surface area contributed by atoms with Crippen molar-refractivity contribution >= 4 is 31.5 Å². The van der Waals surface area contributed by atoms with Crippen molar-refractivity contribution in [2.45, 2.75) is 11.8 Å². The zero-order valence-corrected chi connectivity index (χ0v) is 9.82. The predicted molar refractivity (Wildman–Crippen MR) is 61.3 cm³/mol. The largest absolute Gasteiger partial charge is 0.248 e. The molecular weight excluding hydrogens is 250 g/mol. The Balaban J connectivity index is 3.02. The molecule has 1 aromatic rings. The van der Waals surface area contributed by atoms with Crippen molar-refractivity contribution < 1.29 is 4.21 Å². The van der Waals surface area contributed by atoms with E-state index in [2.05, 4.69) is 26.5 Å². The van der Waals surface area contributed by atoms with Gasteiger partial charge in [0.1, 0.15) is 0 Å². The topological polar surface area (TPSA) is 29.1 Å². The summed E-state index contributed by atoms with van der Waals surface area (Å²) >= 11 is 3.32. The normalized spacial score (nSPS) is 15.2. The predicted octanol–water partition coefficient (Wildman–Crippen LogP) is 2.05. The summed E-state index contributed by atoms with van der Waals surface area (Å²) in [6.45, 7) is 2.56. The second-order valence-corrected chi connectivity index (χ2v) is 5.65. The van der Waals surface area contributed by atoms with Gasteiger partial charge in [-0.3, -0.25) is 0 Å². The average Bonchev–Trinajstić information content (AvgIpc) is 2.05. The molecule has 0 saturated carbocycles. The third-order valence-electron chi connectivity index (χ3n) is 1.57. The molecule has 0 radical (unpaired) electrons. The maximum Gasteiger partial charge on any atom is 0.0533 e. The molecule has 0 fully saturated rings. The number of halogens is 1. The molecule has 0 aliphatic rings. The Morgan fingerprint density at radius 1 is 1.46 bits per heavy atom. The second kappa shape index (κ2) is 4.26. The number of hydrogen-bond donors (Lipinski definition) is 1. The van der Waals surface area contributed by atoms with E-state index in [1.54, 1.807) is 0 Å². The van der Waals surface area contributed by atoms with E-state index in [-0.39, 0.29) is 0 Å². The minimum absolute atomic E-state index is 0.651. The van der Waals surface area contributed by atoms with Crippen molar-refractivity contribution in [3.63, 3.8) is 0 Å². The van der Waals surface area contributed by atoms with Crippen molar-refractivity contribution in [2.75, 3.05) is 6.54 Å². The van der Waals surface area contributed by atoms with E-state index in [0.29, 0.717) is 6.54 Å². The van der Waals surface area contributed by atoms with Crippen LogP contribution >= 0.6 is 15.9 Å². The highest BCUT2D eigenvalue weighted by atomic mass is 79.9. The van der Waals surface area contributed by atoms with Crippen LogP contribution in [0.15, 0.2) is 33.6 Å². The molecule has 1 N–H and O–H groups in total. The number of benzene rings is 1. The van der Waals surface area contributed by atoms with E-state index >= 15 is 0 Å². The van der Waals surface area contributed by atoms with Gasteiger partial charge in [-0.25, -0.2) is 8.93 Å². The van der Waals surface area contributed by atoms with Gasteiger partial charge < -0.3 is 0 Å². The van der Waals surface area contributed by atoms with Gasteiger partial charge in [0.25, 0.3) is 0 Å². The zero-order chi connectivity index (χ0) is 9.90. The first kappa shape index (κ1) is 10.8. The van der Waals surface area contributed by atoms with E-state index in [1.165, 1.54) is 0 Å². The molecule has 1 unspecified atom stereocenters. The van der Waals surface area contributed by atoms with Crippen LogP contribution in [-0.4, -0.2) is 16.6 Å². The van der Waals surface area contributed by atoms with Crippen LogP contribution in [0.1, 0.15) is 6.92 Å². The SMILES string of the molecule is C=S(=O)(NCC)c1ccc(Br)cc1. The Kier molecular flexibility index (Phi) is 3.53. The molecule has 0 aliphatic heterocycles. The third kappa shape index (κ3) is 2.83. The molecule has 1 rings (SSSR count). The van der Waals surface area contributed by atoms with Crippen LogP contribution in [0.5, 0.6) is 0 Å². The molecule has 1 atom stereocenters. The van der Waals surface area contributed by atoms with Crippen LogP contribution in [0.3, 0.4) is 0 Å². The maximum absolute atomic E-state index is 11.9. The molecule has 0 heterocycles. The van der Waals surface area contributed by atoms with Crippen LogP contribution < -0.4 is 4.72 Å². The van der Waals surface area contributed by atoms with Crippen LogP contribution in [0.4, 0.5) is 0 Å². The van der Waals surface area contributed by atoms with E-state index in [9.17, 15) is 4.21 Å².